The molecule has 35 heavy (non-hydrogen) atoms. The van der Waals surface area contributed by atoms with Gasteiger partial charge in [-0.2, -0.15) is 0 Å². The van der Waals surface area contributed by atoms with Gasteiger partial charge in [0.05, 0.1) is 25.6 Å². The maximum atomic E-state index is 13.8. The number of halogens is 1. The number of rotatable bonds is 10. The minimum absolute atomic E-state index is 0.112. The average Bonchev–Trinajstić information content (AvgIpc) is 2.74. The summed E-state index contributed by atoms with van der Waals surface area (Å²) in [5.41, 5.74) is 5.10. The minimum Gasteiger partial charge on any atom is -0.435 e. The molecule has 0 fully saturated rings. The summed E-state index contributed by atoms with van der Waals surface area (Å²) in [7, 11) is 0. The fourth-order valence-corrected chi connectivity index (χ4v) is 3.58. The molecule has 0 bridgehead atoms. The predicted octanol–water partition coefficient (Wildman–Crippen LogP) is 4.24. The van der Waals surface area contributed by atoms with Crippen molar-refractivity contribution < 1.29 is 38.1 Å². The average molecular weight is 490 g/mol. The van der Waals surface area contributed by atoms with Crippen molar-refractivity contribution in [2.24, 2.45) is 0 Å². The molecule has 2 aromatic rings. The SMILES string of the molecule is CCOC(=O)OC(C)OC(=O)CC(O)CC(=O)NCc1c(C)cc(C)cc1-c1ccc(F)c(C)c1. The zero-order valence-electron chi connectivity index (χ0n) is 20.6. The zero-order valence-corrected chi connectivity index (χ0v) is 20.6. The van der Waals surface area contributed by atoms with E-state index in [1.54, 1.807) is 26.0 Å². The van der Waals surface area contributed by atoms with E-state index in [-0.39, 0.29) is 25.4 Å². The molecule has 0 saturated carbocycles. The van der Waals surface area contributed by atoms with Crippen LogP contribution in [0.1, 0.15) is 48.9 Å². The van der Waals surface area contributed by atoms with Crippen LogP contribution < -0.4 is 5.32 Å². The third-order valence-electron chi connectivity index (χ3n) is 5.19. The Morgan fingerprint density at radius 1 is 1.03 bits per heavy atom. The van der Waals surface area contributed by atoms with Crippen LogP contribution in [0.3, 0.4) is 0 Å². The molecule has 2 rings (SSSR count). The summed E-state index contributed by atoms with van der Waals surface area (Å²) in [5, 5.41) is 12.9. The smallest absolute Gasteiger partial charge is 0.435 e. The van der Waals surface area contributed by atoms with E-state index in [1.807, 2.05) is 26.0 Å². The van der Waals surface area contributed by atoms with Gasteiger partial charge in [-0.3, -0.25) is 9.59 Å². The number of carbonyl (C=O) groups is 3. The van der Waals surface area contributed by atoms with Crippen LogP contribution in [-0.2, 0) is 30.3 Å². The van der Waals surface area contributed by atoms with Crippen LogP contribution in [0.4, 0.5) is 9.18 Å². The molecule has 0 aliphatic rings. The highest BCUT2D eigenvalue weighted by molar-refractivity contribution is 5.79. The fourth-order valence-electron chi connectivity index (χ4n) is 3.58. The van der Waals surface area contributed by atoms with Crippen molar-refractivity contribution in [1.82, 2.24) is 5.32 Å². The van der Waals surface area contributed by atoms with Crippen molar-refractivity contribution in [2.45, 2.75) is 66.4 Å². The first-order valence-electron chi connectivity index (χ1n) is 11.3. The van der Waals surface area contributed by atoms with Crippen molar-refractivity contribution in [3.8, 4) is 11.1 Å². The third kappa shape index (κ3) is 8.68. The second-order valence-electron chi connectivity index (χ2n) is 8.27. The van der Waals surface area contributed by atoms with Gasteiger partial charge in [-0.1, -0.05) is 23.8 Å². The molecule has 2 N–H and O–H groups in total. The Hall–Kier alpha value is -3.46. The number of aliphatic hydroxyl groups is 1. The fraction of sp³-hybridized carbons (Fsp3) is 0.423. The van der Waals surface area contributed by atoms with Crippen molar-refractivity contribution in [3.05, 3.63) is 58.4 Å². The minimum atomic E-state index is -1.28. The molecule has 0 spiro atoms. The van der Waals surface area contributed by atoms with Crippen molar-refractivity contribution in [1.29, 1.82) is 0 Å². The first kappa shape index (κ1) is 27.8. The molecule has 0 saturated heterocycles. The monoisotopic (exact) mass is 489 g/mol. The molecule has 0 aromatic heterocycles. The second kappa shape index (κ2) is 12.9. The van der Waals surface area contributed by atoms with Crippen molar-refractivity contribution in [3.63, 3.8) is 0 Å². The third-order valence-corrected chi connectivity index (χ3v) is 5.19. The summed E-state index contributed by atoms with van der Waals surface area (Å²) in [4.78, 5) is 35.6. The Morgan fingerprint density at radius 3 is 2.40 bits per heavy atom. The summed E-state index contributed by atoms with van der Waals surface area (Å²) in [6, 6.07) is 8.84. The van der Waals surface area contributed by atoms with Crippen LogP contribution in [0, 0.1) is 26.6 Å². The Labute approximate surface area is 204 Å². The molecule has 0 radical (unpaired) electrons. The highest BCUT2D eigenvalue weighted by Crippen LogP contribution is 2.29. The van der Waals surface area contributed by atoms with Gasteiger partial charge in [0.25, 0.3) is 0 Å². The normalized spacial score (nSPS) is 12.4. The number of amides is 1. The van der Waals surface area contributed by atoms with Crippen molar-refractivity contribution in [2.75, 3.05) is 6.61 Å². The summed E-state index contributed by atoms with van der Waals surface area (Å²) >= 11 is 0. The molecule has 9 heteroatoms. The largest absolute Gasteiger partial charge is 0.511 e. The van der Waals surface area contributed by atoms with Gasteiger partial charge >= 0.3 is 12.1 Å². The van der Waals surface area contributed by atoms with E-state index in [4.69, 9.17) is 9.47 Å². The van der Waals surface area contributed by atoms with Gasteiger partial charge < -0.3 is 24.6 Å². The molecule has 190 valence electrons. The zero-order chi connectivity index (χ0) is 26.1. The Kier molecular flexibility index (Phi) is 10.2. The van der Waals surface area contributed by atoms with Gasteiger partial charge in [0.15, 0.2) is 0 Å². The Bertz CT molecular complexity index is 1070. The Morgan fingerprint density at radius 2 is 1.74 bits per heavy atom. The van der Waals surface area contributed by atoms with Crippen LogP contribution in [0.15, 0.2) is 30.3 Å². The standard InChI is InChI=1S/C26H32FNO7/c1-6-33-26(32)35-18(5)34-25(31)13-20(29)12-24(30)28-14-22-16(3)9-15(2)10-21(22)19-7-8-23(27)17(4)11-19/h7-11,18,20,29H,6,12-14H2,1-5H3,(H,28,30). The van der Waals surface area contributed by atoms with Gasteiger partial charge in [-0.15, -0.1) is 0 Å². The van der Waals surface area contributed by atoms with Crippen LogP contribution in [0.5, 0.6) is 0 Å². The number of aliphatic hydroxyl groups excluding tert-OH is 1. The lowest BCUT2D eigenvalue weighted by Gasteiger charge is -2.17. The Balaban J connectivity index is 1.96. The molecule has 1 amide bonds. The van der Waals surface area contributed by atoms with Gasteiger partial charge in [0.2, 0.25) is 12.2 Å². The maximum absolute atomic E-state index is 13.8. The van der Waals surface area contributed by atoms with Gasteiger partial charge in [-0.25, -0.2) is 9.18 Å². The number of nitrogens with one attached hydrogen (secondary N) is 1. The lowest BCUT2D eigenvalue weighted by Crippen LogP contribution is -2.30. The van der Waals surface area contributed by atoms with Gasteiger partial charge in [0, 0.05) is 13.5 Å². The van der Waals surface area contributed by atoms with E-state index in [0.29, 0.717) is 5.56 Å². The molecule has 2 aromatic carbocycles. The molecule has 2 atom stereocenters. The lowest BCUT2D eigenvalue weighted by molar-refractivity contribution is -0.169. The molecular weight excluding hydrogens is 457 g/mol. The van der Waals surface area contributed by atoms with E-state index in [2.05, 4.69) is 10.1 Å². The highest BCUT2D eigenvalue weighted by atomic mass is 19.1. The number of carbonyl (C=O) groups excluding carboxylic acids is 3. The highest BCUT2D eigenvalue weighted by Gasteiger charge is 2.20. The quantitative estimate of drug-likeness (QED) is 0.379. The van der Waals surface area contributed by atoms with E-state index in [0.717, 1.165) is 27.8 Å². The predicted molar refractivity (Wildman–Crippen MR) is 127 cm³/mol. The van der Waals surface area contributed by atoms with E-state index < -0.39 is 36.8 Å². The molecule has 2 unspecified atom stereocenters. The first-order chi connectivity index (χ1) is 16.5. The van der Waals surface area contributed by atoms with Crippen LogP contribution in [-0.4, -0.2) is 42.1 Å². The van der Waals surface area contributed by atoms with E-state index in [1.165, 1.54) is 13.0 Å². The number of esters is 1. The first-order valence-corrected chi connectivity index (χ1v) is 11.3. The molecule has 0 aliphatic heterocycles. The number of hydrogen-bond donors (Lipinski definition) is 2. The summed E-state index contributed by atoms with van der Waals surface area (Å²) in [6.45, 7) is 8.82. The van der Waals surface area contributed by atoms with Crippen LogP contribution >= 0.6 is 0 Å². The number of hydrogen-bond acceptors (Lipinski definition) is 7. The molecule has 8 nitrogen and oxygen atoms in total. The van der Waals surface area contributed by atoms with Crippen LogP contribution in [0.2, 0.25) is 0 Å². The molecule has 0 heterocycles. The van der Waals surface area contributed by atoms with E-state index >= 15 is 0 Å². The number of benzene rings is 2. The molecular formula is C26H32FNO7. The van der Waals surface area contributed by atoms with Crippen LogP contribution in [0.25, 0.3) is 11.1 Å². The second-order valence-corrected chi connectivity index (χ2v) is 8.27. The maximum Gasteiger partial charge on any atom is 0.511 e. The lowest BCUT2D eigenvalue weighted by atomic mass is 9.92. The number of ether oxygens (including phenoxy) is 3. The van der Waals surface area contributed by atoms with Crippen molar-refractivity contribution >= 4 is 18.0 Å². The topological polar surface area (TPSA) is 111 Å². The molecule has 0 aliphatic carbocycles. The van der Waals surface area contributed by atoms with Gasteiger partial charge in [-0.05, 0) is 67.6 Å². The summed E-state index contributed by atoms with van der Waals surface area (Å²) in [6.07, 6.45) is -4.23. The summed E-state index contributed by atoms with van der Waals surface area (Å²) < 4.78 is 27.9. The summed E-state index contributed by atoms with van der Waals surface area (Å²) in [5.74, 6) is -1.57. The number of aryl methyl sites for hydroxylation is 3. The van der Waals surface area contributed by atoms with Gasteiger partial charge in [0.1, 0.15) is 5.82 Å². The van der Waals surface area contributed by atoms with E-state index in [9.17, 15) is 23.9 Å².